The molecule has 1 N–H and O–H groups in total. The van der Waals surface area contributed by atoms with Crippen LogP contribution in [0.1, 0.15) is 24.6 Å². The average molecular weight is 263 g/mol. The maximum absolute atomic E-state index is 4.44. The molecule has 0 saturated heterocycles. The van der Waals surface area contributed by atoms with Gasteiger partial charge in [-0.1, -0.05) is 6.92 Å². The highest BCUT2D eigenvalue weighted by Gasteiger charge is 1.99. The molecular formula is C14H21N3S. The van der Waals surface area contributed by atoms with Crippen LogP contribution in [0.4, 0.5) is 0 Å². The summed E-state index contributed by atoms with van der Waals surface area (Å²) in [5.74, 6) is 0. The van der Waals surface area contributed by atoms with E-state index in [2.05, 4.69) is 44.8 Å². The maximum atomic E-state index is 4.44. The van der Waals surface area contributed by atoms with Crippen LogP contribution < -0.4 is 5.32 Å². The van der Waals surface area contributed by atoms with Gasteiger partial charge in [-0.15, -0.1) is 0 Å². The topological polar surface area (TPSA) is 29.9 Å². The van der Waals surface area contributed by atoms with Gasteiger partial charge in [0, 0.05) is 25.7 Å². The summed E-state index contributed by atoms with van der Waals surface area (Å²) in [7, 11) is 0. The summed E-state index contributed by atoms with van der Waals surface area (Å²) in [6.45, 7) is 5.33. The second-order valence-corrected chi connectivity index (χ2v) is 5.26. The Kier molecular flexibility index (Phi) is 5.42. The lowest BCUT2D eigenvalue weighted by Gasteiger charge is -2.01. The summed E-state index contributed by atoms with van der Waals surface area (Å²) in [5.41, 5.74) is 2.60. The Bertz CT molecular complexity index is 434. The Morgan fingerprint density at radius 2 is 2.28 bits per heavy atom. The van der Waals surface area contributed by atoms with E-state index in [0.29, 0.717) is 0 Å². The lowest BCUT2D eigenvalue weighted by molar-refractivity contribution is 0.665. The molecule has 0 radical (unpaired) electrons. The van der Waals surface area contributed by atoms with E-state index in [9.17, 15) is 0 Å². The second kappa shape index (κ2) is 7.34. The first kappa shape index (κ1) is 13.3. The van der Waals surface area contributed by atoms with E-state index in [1.54, 1.807) is 11.3 Å². The van der Waals surface area contributed by atoms with E-state index in [-0.39, 0.29) is 0 Å². The van der Waals surface area contributed by atoms with Gasteiger partial charge in [0.2, 0.25) is 0 Å². The summed E-state index contributed by atoms with van der Waals surface area (Å²) in [4.78, 5) is 4.44. The van der Waals surface area contributed by atoms with Crippen LogP contribution in [0.15, 0.2) is 29.4 Å². The number of hydrogen-bond donors (Lipinski definition) is 1. The van der Waals surface area contributed by atoms with E-state index in [1.165, 1.54) is 17.7 Å². The Morgan fingerprint density at radius 1 is 1.33 bits per heavy atom. The highest BCUT2D eigenvalue weighted by molar-refractivity contribution is 7.07. The molecule has 2 aromatic heterocycles. The van der Waals surface area contributed by atoms with E-state index < -0.39 is 0 Å². The number of hydrogen-bond acceptors (Lipinski definition) is 3. The predicted molar refractivity (Wildman–Crippen MR) is 77.1 cm³/mol. The molecule has 0 aliphatic heterocycles. The van der Waals surface area contributed by atoms with Gasteiger partial charge in [0.05, 0.1) is 12.0 Å². The van der Waals surface area contributed by atoms with Crippen molar-refractivity contribution in [1.82, 2.24) is 14.9 Å². The Hall–Kier alpha value is -1.13. The largest absolute Gasteiger partial charge is 0.337 e. The van der Waals surface area contributed by atoms with Crippen LogP contribution in [-0.4, -0.2) is 22.6 Å². The predicted octanol–water partition coefficient (Wildman–Crippen LogP) is 2.73. The fourth-order valence-electron chi connectivity index (χ4n) is 1.87. The number of imidazole rings is 1. The molecule has 0 aromatic carbocycles. The number of thiophene rings is 1. The summed E-state index contributed by atoms with van der Waals surface area (Å²) < 4.78 is 2.19. The molecular weight excluding hydrogens is 242 g/mol. The average Bonchev–Trinajstić information content (AvgIpc) is 3.03. The van der Waals surface area contributed by atoms with Crippen molar-refractivity contribution in [3.05, 3.63) is 40.6 Å². The molecule has 0 atom stereocenters. The van der Waals surface area contributed by atoms with Crippen molar-refractivity contribution in [1.29, 1.82) is 0 Å². The molecule has 0 bridgehead atoms. The summed E-state index contributed by atoms with van der Waals surface area (Å²) in [6, 6.07) is 2.19. The van der Waals surface area contributed by atoms with Crippen LogP contribution in [0, 0.1) is 0 Å². The molecule has 18 heavy (non-hydrogen) atoms. The maximum Gasteiger partial charge on any atom is 0.0949 e. The minimum absolute atomic E-state index is 1.02. The fraction of sp³-hybridized carbons (Fsp3) is 0.500. The Balaban J connectivity index is 1.72. The molecule has 4 heteroatoms. The number of nitrogens with zero attached hydrogens (tertiary/aromatic N) is 2. The lowest BCUT2D eigenvalue weighted by Crippen LogP contribution is -2.17. The first-order valence-electron chi connectivity index (χ1n) is 6.61. The summed E-state index contributed by atoms with van der Waals surface area (Å²) in [5, 5.41) is 7.75. The molecule has 3 nitrogen and oxygen atoms in total. The van der Waals surface area contributed by atoms with Gasteiger partial charge in [0.25, 0.3) is 0 Å². The molecule has 0 amide bonds. The van der Waals surface area contributed by atoms with Crippen LogP contribution in [0.2, 0.25) is 0 Å². The lowest BCUT2D eigenvalue weighted by atomic mass is 10.2. The van der Waals surface area contributed by atoms with Gasteiger partial charge >= 0.3 is 0 Å². The van der Waals surface area contributed by atoms with Crippen LogP contribution in [0.25, 0.3) is 0 Å². The first-order chi connectivity index (χ1) is 8.88. The Labute approximate surface area is 113 Å². The molecule has 0 aliphatic rings. The van der Waals surface area contributed by atoms with Crippen molar-refractivity contribution in [3.63, 3.8) is 0 Å². The standard InChI is InChI=1S/C14H21N3S/c1-2-6-15-7-3-14-10-17(12-16-14)8-4-13-5-9-18-11-13/h5,9-12,15H,2-4,6-8H2,1H3. The van der Waals surface area contributed by atoms with Crippen molar-refractivity contribution < 1.29 is 0 Å². The number of aryl methyl sites for hydroxylation is 2. The third kappa shape index (κ3) is 4.27. The molecule has 2 aromatic rings. The second-order valence-electron chi connectivity index (χ2n) is 4.48. The zero-order valence-electron chi connectivity index (χ0n) is 10.9. The highest BCUT2D eigenvalue weighted by Crippen LogP contribution is 2.08. The van der Waals surface area contributed by atoms with Crippen molar-refractivity contribution in [3.8, 4) is 0 Å². The van der Waals surface area contributed by atoms with Crippen LogP contribution in [0.5, 0.6) is 0 Å². The number of rotatable bonds is 8. The van der Waals surface area contributed by atoms with E-state index in [0.717, 1.165) is 32.5 Å². The number of nitrogens with one attached hydrogen (secondary N) is 1. The summed E-state index contributed by atoms with van der Waals surface area (Å²) in [6.07, 6.45) is 7.41. The minimum atomic E-state index is 1.02. The van der Waals surface area contributed by atoms with E-state index in [4.69, 9.17) is 0 Å². The highest BCUT2D eigenvalue weighted by atomic mass is 32.1. The molecule has 0 fully saturated rings. The normalized spacial score (nSPS) is 10.9. The van der Waals surface area contributed by atoms with Crippen LogP contribution in [0.3, 0.4) is 0 Å². The summed E-state index contributed by atoms with van der Waals surface area (Å²) >= 11 is 1.76. The van der Waals surface area contributed by atoms with Gasteiger partial charge in [-0.25, -0.2) is 4.98 Å². The first-order valence-corrected chi connectivity index (χ1v) is 7.55. The minimum Gasteiger partial charge on any atom is -0.337 e. The zero-order chi connectivity index (χ0) is 12.6. The quantitative estimate of drug-likeness (QED) is 0.742. The van der Waals surface area contributed by atoms with Gasteiger partial charge < -0.3 is 9.88 Å². The van der Waals surface area contributed by atoms with Gasteiger partial charge in [0.1, 0.15) is 0 Å². The third-order valence-electron chi connectivity index (χ3n) is 2.91. The molecule has 98 valence electrons. The fourth-order valence-corrected chi connectivity index (χ4v) is 2.57. The number of aromatic nitrogens is 2. The van der Waals surface area contributed by atoms with Crippen molar-refractivity contribution in [2.75, 3.05) is 13.1 Å². The van der Waals surface area contributed by atoms with Crippen molar-refractivity contribution in [2.45, 2.75) is 32.7 Å². The third-order valence-corrected chi connectivity index (χ3v) is 3.64. The van der Waals surface area contributed by atoms with Crippen molar-refractivity contribution >= 4 is 11.3 Å². The van der Waals surface area contributed by atoms with Crippen molar-refractivity contribution in [2.24, 2.45) is 0 Å². The molecule has 2 rings (SSSR count). The van der Waals surface area contributed by atoms with Crippen LogP contribution in [-0.2, 0) is 19.4 Å². The van der Waals surface area contributed by atoms with Gasteiger partial charge in [-0.2, -0.15) is 11.3 Å². The van der Waals surface area contributed by atoms with E-state index in [1.807, 2.05) is 6.33 Å². The molecule has 2 heterocycles. The molecule has 0 saturated carbocycles. The van der Waals surface area contributed by atoms with Gasteiger partial charge in [0.15, 0.2) is 0 Å². The van der Waals surface area contributed by atoms with Gasteiger partial charge in [-0.3, -0.25) is 0 Å². The van der Waals surface area contributed by atoms with Gasteiger partial charge in [-0.05, 0) is 41.8 Å². The van der Waals surface area contributed by atoms with Crippen LogP contribution >= 0.6 is 11.3 Å². The van der Waals surface area contributed by atoms with E-state index >= 15 is 0 Å². The molecule has 0 spiro atoms. The Morgan fingerprint density at radius 3 is 3.06 bits per heavy atom. The molecule has 0 aliphatic carbocycles. The zero-order valence-corrected chi connectivity index (χ0v) is 11.7. The monoisotopic (exact) mass is 263 g/mol. The molecule has 0 unspecified atom stereocenters. The SMILES string of the molecule is CCCNCCc1cn(CCc2ccsc2)cn1. The smallest absolute Gasteiger partial charge is 0.0949 e.